The Morgan fingerprint density at radius 3 is 2.77 bits per heavy atom. The molecule has 1 saturated carbocycles. The summed E-state index contributed by atoms with van der Waals surface area (Å²) >= 11 is 0. The van der Waals surface area contributed by atoms with Crippen LogP contribution in [0, 0.1) is 0 Å². The molecule has 22 heavy (non-hydrogen) atoms. The average Bonchev–Trinajstić information content (AvgIpc) is 3.27. The van der Waals surface area contributed by atoms with Crippen molar-refractivity contribution in [3.05, 3.63) is 41.6 Å². The lowest BCUT2D eigenvalue weighted by molar-refractivity contribution is 0.101. The number of ketones is 1. The van der Waals surface area contributed by atoms with Gasteiger partial charge in [-0.2, -0.15) is 5.10 Å². The molecular formula is C17H21N3O2. The highest BCUT2D eigenvalue weighted by molar-refractivity contribution is 5.92. The van der Waals surface area contributed by atoms with E-state index in [4.69, 9.17) is 4.74 Å². The number of ether oxygens (including phenoxy) is 1. The van der Waals surface area contributed by atoms with Crippen molar-refractivity contribution in [2.24, 2.45) is 7.05 Å². The summed E-state index contributed by atoms with van der Waals surface area (Å²) in [6.45, 7) is 2.34. The van der Waals surface area contributed by atoms with E-state index in [-0.39, 0.29) is 5.78 Å². The van der Waals surface area contributed by atoms with Gasteiger partial charge in [-0.15, -0.1) is 0 Å². The van der Waals surface area contributed by atoms with Gasteiger partial charge in [0.2, 0.25) is 0 Å². The second-order valence-corrected chi connectivity index (χ2v) is 5.78. The Hall–Kier alpha value is -2.30. The highest BCUT2D eigenvalue weighted by Gasteiger charge is 2.31. The van der Waals surface area contributed by atoms with Crippen LogP contribution in [0.25, 0.3) is 0 Å². The van der Waals surface area contributed by atoms with Gasteiger partial charge in [-0.3, -0.25) is 9.48 Å². The summed E-state index contributed by atoms with van der Waals surface area (Å²) in [4.78, 5) is 13.9. The van der Waals surface area contributed by atoms with Crippen molar-refractivity contribution in [2.45, 2.75) is 32.4 Å². The van der Waals surface area contributed by atoms with Crippen LogP contribution in [0.5, 0.6) is 5.75 Å². The molecule has 116 valence electrons. The van der Waals surface area contributed by atoms with Gasteiger partial charge in [0, 0.05) is 32.6 Å². The molecule has 3 rings (SSSR count). The Labute approximate surface area is 130 Å². The number of hydrogen-bond acceptors (Lipinski definition) is 4. The van der Waals surface area contributed by atoms with Crippen LogP contribution in [0.1, 0.15) is 35.8 Å². The summed E-state index contributed by atoms with van der Waals surface area (Å²) in [6, 6.07) is 10.5. The zero-order valence-corrected chi connectivity index (χ0v) is 13.2. The fourth-order valence-electron chi connectivity index (χ4n) is 2.65. The highest BCUT2D eigenvalue weighted by Crippen LogP contribution is 2.33. The summed E-state index contributed by atoms with van der Waals surface area (Å²) in [6.07, 6.45) is 2.37. The molecule has 0 bridgehead atoms. The Bertz CT molecular complexity index is 689. The van der Waals surface area contributed by atoms with E-state index in [0.717, 1.165) is 18.1 Å². The first-order valence-corrected chi connectivity index (χ1v) is 7.53. The lowest BCUT2D eigenvalue weighted by Crippen LogP contribution is -2.27. The molecule has 0 saturated heterocycles. The molecule has 1 aliphatic carbocycles. The maximum Gasteiger partial charge on any atom is 0.180 e. The first-order valence-electron chi connectivity index (χ1n) is 7.53. The van der Waals surface area contributed by atoms with E-state index in [1.54, 1.807) is 18.7 Å². The maximum atomic E-state index is 11.5. The van der Waals surface area contributed by atoms with E-state index in [1.807, 2.05) is 25.2 Å². The predicted octanol–water partition coefficient (Wildman–Crippen LogP) is 2.80. The van der Waals surface area contributed by atoms with Crippen LogP contribution in [0.15, 0.2) is 30.3 Å². The van der Waals surface area contributed by atoms with Crippen LogP contribution in [0.3, 0.4) is 0 Å². The lowest BCUT2D eigenvalue weighted by Gasteiger charge is -2.24. The maximum absolute atomic E-state index is 11.5. The van der Waals surface area contributed by atoms with Crippen LogP contribution in [0.2, 0.25) is 0 Å². The van der Waals surface area contributed by atoms with Crippen molar-refractivity contribution in [3.63, 3.8) is 0 Å². The van der Waals surface area contributed by atoms with Gasteiger partial charge in [-0.1, -0.05) is 12.1 Å². The SMILES string of the molecule is COc1cccc(CN(c2cc(C(C)=O)nn2C)C2CC2)c1. The van der Waals surface area contributed by atoms with Gasteiger partial charge in [-0.05, 0) is 30.5 Å². The number of aryl methyl sites for hydroxylation is 1. The highest BCUT2D eigenvalue weighted by atomic mass is 16.5. The molecule has 5 heteroatoms. The number of nitrogens with zero attached hydrogens (tertiary/aromatic N) is 3. The van der Waals surface area contributed by atoms with Crippen molar-refractivity contribution in [3.8, 4) is 5.75 Å². The lowest BCUT2D eigenvalue weighted by atomic mass is 10.2. The summed E-state index contributed by atoms with van der Waals surface area (Å²) in [5.74, 6) is 1.86. The van der Waals surface area contributed by atoms with Crippen LogP contribution < -0.4 is 9.64 Å². The van der Waals surface area contributed by atoms with E-state index < -0.39 is 0 Å². The number of hydrogen-bond donors (Lipinski definition) is 0. The Kier molecular flexibility index (Phi) is 3.88. The smallest absolute Gasteiger partial charge is 0.180 e. The normalized spacial score (nSPS) is 14.0. The molecule has 1 fully saturated rings. The van der Waals surface area contributed by atoms with Crippen LogP contribution in [0.4, 0.5) is 5.82 Å². The summed E-state index contributed by atoms with van der Waals surface area (Å²) in [5, 5.41) is 4.32. The fraction of sp³-hybridized carbons (Fsp3) is 0.412. The number of benzene rings is 1. The molecule has 5 nitrogen and oxygen atoms in total. The van der Waals surface area contributed by atoms with Gasteiger partial charge < -0.3 is 9.64 Å². The molecule has 0 radical (unpaired) electrons. The number of methoxy groups -OCH3 is 1. The van der Waals surface area contributed by atoms with Gasteiger partial charge in [0.25, 0.3) is 0 Å². The van der Waals surface area contributed by atoms with E-state index in [2.05, 4.69) is 22.1 Å². The van der Waals surface area contributed by atoms with E-state index in [1.165, 1.54) is 18.4 Å². The monoisotopic (exact) mass is 299 g/mol. The number of anilines is 1. The zero-order chi connectivity index (χ0) is 15.7. The zero-order valence-electron chi connectivity index (χ0n) is 13.2. The Morgan fingerprint density at radius 1 is 1.41 bits per heavy atom. The number of aromatic nitrogens is 2. The number of carbonyl (C=O) groups is 1. The minimum Gasteiger partial charge on any atom is -0.497 e. The van der Waals surface area contributed by atoms with Gasteiger partial charge >= 0.3 is 0 Å². The fourth-order valence-corrected chi connectivity index (χ4v) is 2.65. The van der Waals surface area contributed by atoms with Crippen molar-refractivity contribution >= 4 is 11.6 Å². The van der Waals surface area contributed by atoms with Crippen molar-refractivity contribution < 1.29 is 9.53 Å². The molecular weight excluding hydrogens is 278 g/mol. The molecule has 1 aliphatic rings. The second kappa shape index (κ2) is 5.83. The van der Waals surface area contributed by atoms with Crippen LogP contribution >= 0.6 is 0 Å². The van der Waals surface area contributed by atoms with E-state index >= 15 is 0 Å². The standard InChI is InChI=1S/C17H21N3O2/c1-12(21)16-10-17(19(2)18-16)20(14-7-8-14)11-13-5-4-6-15(9-13)22-3/h4-6,9-10,14H,7-8,11H2,1-3H3. The Morgan fingerprint density at radius 2 is 2.18 bits per heavy atom. The van der Waals surface area contributed by atoms with Gasteiger partial charge in [0.05, 0.1) is 7.11 Å². The molecule has 1 aromatic carbocycles. The first kappa shape index (κ1) is 14.6. The molecule has 0 atom stereocenters. The minimum atomic E-state index is -0.000947. The quantitative estimate of drug-likeness (QED) is 0.770. The Balaban J connectivity index is 1.88. The predicted molar refractivity (Wildman–Crippen MR) is 85.4 cm³/mol. The van der Waals surface area contributed by atoms with Gasteiger partial charge in [0.15, 0.2) is 5.78 Å². The van der Waals surface area contributed by atoms with Gasteiger partial charge in [-0.25, -0.2) is 0 Å². The number of Topliss-reactive ketones (excluding diaryl/α,β-unsaturated/α-hetero) is 1. The molecule has 0 unspecified atom stereocenters. The topological polar surface area (TPSA) is 47.4 Å². The summed E-state index contributed by atoms with van der Waals surface area (Å²) in [7, 11) is 3.57. The number of rotatable bonds is 6. The third-order valence-corrected chi connectivity index (χ3v) is 3.98. The minimum absolute atomic E-state index is 0.000947. The van der Waals surface area contributed by atoms with Crippen molar-refractivity contribution in [1.82, 2.24) is 9.78 Å². The van der Waals surface area contributed by atoms with Gasteiger partial charge in [0.1, 0.15) is 17.3 Å². The molecule has 0 N–H and O–H groups in total. The molecule has 0 aliphatic heterocycles. The van der Waals surface area contributed by atoms with Crippen LogP contribution in [-0.2, 0) is 13.6 Å². The van der Waals surface area contributed by atoms with E-state index in [0.29, 0.717) is 11.7 Å². The molecule has 1 heterocycles. The molecule has 2 aromatic rings. The van der Waals surface area contributed by atoms with Crippen molar-refractivity contribution in [2.75, 3.05) is 12.0 Å². The third kappa shape index (κ3) is 2.98. The van der Waals surface area contributed by atoms with Crippen molar-refractivity contribution in [1.29, 1.82) is 0 Å². The third-order valence-electron chi connectivity index (χ3n) is 3.98. The number of carbonyl (C=O) groups excluding carboxylic acids is 1. The molecule has 0 spiro atoms. The summed E-state index contributed by atoms with van der Waals surface area (Å²) in [5.41, 5.74) is 1.71. The average molecular weight is 299 g/mol. The van der Waals surface area contributed by atoms with E-state index in [9.17, 15) is 4.79 Å². The summed E-state index contributed by atoms with van der Waals surface area (Å²) < 4.78 is 7.10. The molecule has 1 aromatic heterocycles. The largest absolute Gasteiger partial charge is 0.497 e. The van der Waals surface area contributed by atoms with Crippen LogP contribution in [-0.4, -0.2) is 28.7 Å². The molecule has 0 amide bonds. The second-order valence-electron chi connectivity index (χ2n) is 5.78. The first-order chi connectivity index (χ1) is 10.6.